The number of amides is 1. The maximum atomic E-state index is 11.6. The fourth-order valence-electron chi connectivity index (χ4n) is 1.48. The highest BCUT2D eigenvalue weighted by molar-refractivity contribution is 6.35. The van der Waals surface area contributed by atoms with Crippen LogP contribution in [0, 0.1) is 0 Å². The standard InChI is InChI=1S/C13H17Cl2NO3/c1-13(2,3)16-11(18)7-19-12-8(6-17)4-9(14)5-10(12)15/h4-5,17H,6-7H2,1-3H3,(H,16,18). The molecule has 1 aromatic carbocycles. The van der Waals surface area contributed by atoms with Crippen molar-refractivity contribution >= 4 is 29.1 Å². The highest BCUT2D eigenvalue weighted by Gasteiger charge is 2.16. The van der Waals surface area contributed by atoms with Crippen LogP contribution in [0.25, 0.3) is 0 Å². The highest BCUT2D eigenvalue weighted by Crippen LogP contribution is 2.32. The molecule has 0 aliphatic carbocycles. The molecule has 0 aliphatic heterocycles. The lowest BCUT2D eigenvalue weighted by Gasteiger charge is -2.21. The summed E-state index contributed by atoms with van der Waals surface area (Å²) in [5, 5.41) is 12.7. The van der Waals surface area contributed by atoms with Gasteiger partial charge in [-0.25, -0.2) is 0 Å². The maximum absolute atomic E-state index is 11.6. The summed E-state index contributed by atoms with van der Waals surface area (Å²) in [4.78, 5) is 11.6. The summed E-state index contributed by atoms with van der Waals surface area (Å²) in [5.41, 5.74) is 0.116. The smallest absolute Gasteiger partial charge is 0.258 e. The molecule has 0 aromatic heterocycles. The summed E-state index contributed by atoms with van der Waals surface area (Å²) in [5.74, 6) is 0.0139. The molecule has 0 fully saturated rings. The molecular formula is C13H17Cl2NO3. The van der Waals surface area contributed by atoms with E-state index in [9.17, 15) is 9.90 Å². The Kier molecular flexibility index (Phi) is 5.47. The molecule has 1 aromatic rings. The van der Waals surface area contributed by atoms with Crippen LogP contribution >= 0.6 is 23.2 Å². The Labute approximate surface area is 122 Å². The van der Waals surface area contributed by atoms with Crippen molar-refractivity contribution in [3.63, 3.8) is 0 Å². The van der Waals surface area contributed by atoms with Gasteiger partial charge in [0.05, 0.1) is 11.6 Å². The number of nitrogens with one attached hydrogen (secondary N) is 1. The Morgan fingerprint density at radius 1 is 1.37 bits per heavy atom. The molecule has 0 saturated carbocycles. The Morgan fingerprint density at radius 2 is 2.00 bits per heavy atom. The van der Waals surface area contributed by atoms with Crippen molar-refractivity contribution in [3.8, 4) is 5.75 Å². The minimum absolute atomic E-state index is 0.175. The number of hydrogen-bond donors (Lipinski definition) is 2. The highest BCUT2D eigenvalue weighted by atomic mass is 35.5. The first-order valence-electron chi connectivity index (χ1n) is 5.75. The summed E-state index contributed by atoms with van der Waals surface area (Å²) in [6.45, 7) is 5.18. The average Bonchev–Trinajstić information content (AvgIpc) is 2.24. The van der Waals surface area contributed by atoms with Gasteiger partial charge in [-0.1, -0.05) is 23.2 Å². The van der Waals surface area contributed by atoms with E-state index in [0.717, 1.165) is 0 Å². The molecule has 6 heteroatoms. The molecule has 106 valence electrons. The lowest BCUT2D eigenvalue weighted by molar-refractivity contribution is -0.124. The number of carbonyl (C=O) groups excluding carboxylic acids is 1. The minimum Gasteiger partial charge on any atom is -0.482 e. The third kappa shape index (κ3) is 5.27. The van der Waals surface area contributed by atoms with E-state index in [0.29, 0.717) is 10.6 Å². The molecule has 0 aliphatic rings. The molecule has 19 heavy (non-hydrogen) atoms. The second-order valence-corrected chi connectivity index (χ2v) is 5.96. The number of aliphatic hydroxyl groups excluding tert-OH is 1. The quantitative estimate of drug-likeness (QED) is 0.899. The first-order valence-corrected chi connectivity index (χ1v) is 6.51. The SMILES string of the molecule is CC(C)(C)NC(=O)COc1c(Cl)cc(Cl)cc1CO. The van der Waals surface area contributed by atoms with E-state index < -0.39 is 0 Å². The lowest BCUT2D eigenvalue weighted by atomic mass is 10.1. The van der Waals surface area contributed by atoms with Gasteiger partial charge < -0.3 is 15.2 Å². The third-order valence-corrected chi connectivity index (χ3v) is 2.62. The monoisotopic (exact) mass is 305 g/mol. The Bertz CT molecular complexity index is 470. The summed E-state index contributed by atoms with van der Waals surface area (Å²) in [7, 11) is 0. The second-order valence-electron chi connectivity index (χ2n) is 5.12. The molecule has 0 bridgehead atoms. The van der Waals surface area contributed by atoms with E-state index in [1.54, 1.807) is 6.07 Å². The first-order chi connectivity index (χ1) is 8.73. The summed E-state index contributed by atoms with van der Waals surface area (Å²) < 4.78 is 5.36. The topological polar surface area (TPSA) is 58.6 Å². The van der Waals surface area contributed by atoms with Crippen LogP contribution < -0.4 is 10.1 Å². The van der Waals surface area contributed by atoms with Crippen LogP contribution in [0.4, 0.5) is 0 Å². The molecule has 0 atom stereocenters. The van der Waals surface area contributed by atoms with E-state index >= 15 is 0 Å². The van der Waals surface area contributed by atoms with Crippen LogP contribution in [-0.4, -0.2) is 23.2 Å². The van der Waals surface area contributed by atoms with E-state index in [2.05, 4.69) is 5.32 Å². The Balaban J connectivity index is 2.75. The van der Waals surface area contributed by atoms with Crippen LogP contribution in [0.15, 0.2) is 12.1 Å². The minimum atomic E-state index is -0.329. The molecule has 0 unspecified atom stereocenters. The molecule has 0 radical (unpaired) electrons. The van der Waals surface area contributed by atoms with Crippen LogP contribution in [0.2, 0.25) is 10.0 Å². The van der Waals surface area contributed by atoms with Gasteiger partial charge in [0, 0.05) is 16.1 Å². The Morgan fingerprint density at radius 3 is 2.53 bits per heavy atom. The van der Waals surface area contributed by atoms with E-state index in [1.807, 2.05) is 20.8 Å². The largest absolute Gasteiger partial charge is 0.482 e. The summed E-state index contributed by atoms with van der Waals surface area (Å²) in [6.07, 6.45) is 0. The number of carbonyl (C=O) groups is 1. The average molecular weight is 306 g/mol. The van der Waals surface area contributed by atoms with Gasteiger partial charge in [-0.05, 0) is 32.9 Å². The first kappa shape index (κ1) is 16.1. The van der Waals surface area contributed by atoms with Crippen molar-refractivity contribution in [2.24, 2.45) is 0 Å². The van der Waals surface area contributed by atoms with Gasteiger partial charge >= 0.3 is 0 Å². The van der Waals surface area contributed by atoms with E-state index in [1.165, 1.54) is 6.07 Å². The lowest BCUT2D eigenvalue weighted by Crippen LogP contribution is -2.43. The van der Waals surface area contributed by atoms with E-state index in [4.69, 9.17) is 27.9 Å². The zero-order valence-corrected chi connectivity index (χ0v) is 12.6. The zero-order valence-electron chi connectivity index (χ0n) is 11.1. The summed E-state index contributed by atoms with van der Waals surface area (Å²) >= 11 is 11.8. The maximum Gasteiger partial charge on any atom is 0.258 e. The van der Waals surface area contributed by atoms with Crippen LogP contribution in [-0.2, 0) is 11.4 Å². The molecule has 0 saturated heterocycles. The second kappa shape index (κ2) is 6.46. The third-order valence-electron chi connectivity index (χ3n) is 2.12. The van der Waals surface area contributed by atoms with Crippen LogP contribution in [0.1, 0.15) is 26.3 Å². The molecule has 0 spiro atoms. The van der Waals surface area contributed by atoms with Crippen molar-refractivity contribution in [2.45, 2.75) is 32.9 Å². The van der Waals surface area contributed by atoms with Crippen LogP contribution in [0.3, 0.4) is 0 Å². The number of aliphatic hydroxyl groups is 1. The number of hydrogen-bond acceptors (Lipinski definition) is 3. The number of ether oxygens (including phenoxy) is 1. The fourth-order valence-corrected chi connectivity index (χ4v) is 2.07. The number of benzene rings is 1. The molecular weight excluding hydrogens is 289 g/mol. The van der Waals surface area contributed by atoms with Gasteiger partial charge in [0.1, 0.15) is 5.75 Å². The van der Waals surface area contributed by atoms with Crippen LogP contribution in [0.5, 0.6) is 5.75 Å². The number of rotatable bonds is 4. The van der Waals surface area contributed by atoms with Crippen molar-refractivity contribution in [1.82, 2.24) is 5.32 Å². The van der Waals surface area contributed by atoms with Gasteiger partial charge in [0.25, 0.3) is 5.91 Å². The van der Waals surface area contributed by atoms with Gasteiger partial charge in [-0.2, -0.15) is 0 Å². The number of halogens is 2. The Hall–Kier alpha value is -0.970. The van der Waals surface area contributed by atoms with Crippen molar-refractivity contribution in [1.29, 1.82) is 0 Å². The predicted molar refractivity (Wildman–Crippen MR) is 75.8 cm³/mol. The fraction of sp³-hybridized carbons (Fsp3) is 0.462. The normalized spacial score (nSPS) is 11.3. The van der Waals surface area contributed by atoms with Gasteiger partial charge in [0.2, 0.25) is 0 Å². The predicted octanol–water partition coefficient (Wildman–Crippen LogP) is 2.78. The van der Waals surface area contributed by atoms with Crippen molar-refractivity contribution < 1.29 is 14.6 Å². The molecule has 2 N–H and O–H groups in total. The molecule has 0 heterocycles. The van der Waals surface area contributed by atoms with E-state index in [-0.39, 0.29) is 35.4 Å². The molecule has 4 nitrogen and oxygen atoms in total. The van der Waals surface area contributed by atoms with Gasteiger partial charge in [0.15, 0.2) is 6.61 Å². The van der Waals surface area contributed by atoms with Gasteiger partial charge in [-0.15, -0.1) is 0 Å². The summed E-state index contributed by atoms with van der Waals surface area (Å²) in [6, 6.07) is 3.05. The zero-order chi connectivity index (χ0) is 14.6. The van der Waals surface area contributed by atoms with Crippen molar-refractivity contribution in [3.05, 3.63) is 27.7 Å². The van der Waals surface area contributed by atoms with Crippen molar-refractivity contribution in [2.75, 3.05) is 6.61 Å². The molecule has 1 amide bonds. The molecule has 1 rings (SSSR count). The van der Waals surface area contributed by atoms with Gasteiger partial charge in [-0.3, -0.25) is 4.79 Å².